The Bertz CT molecular complexity index is 835. The molecule has 1 aromatic heterocycles. The molecule has 0 aliphatic rings. The molecule has 3 N–H and O–H groups in total. The van der Waals surface area contributed by atoms with Gasteiger partial charge in [0.1, 0.15) is 5.82 Å². The van der Waals surface area contributed by atoms with Crippen LogP contribution in [-0.2, 0) is 17.8 Å². The summed E-state index contributed by atoms with van der Waals surface area (Å²) in [5.74, 6) is 0.282. The molecule has 6 nitrogen and oxygen atoms in total. The van der Waals surface area contributed by atoms with Gasteiger partial charge in [-0.15, -0.1) is 0 Å². The molecule has 0 spiro atoms. The second-order valence-corrected chi connectivity index (χ2v) is 5.14. The predicted octanol–water partition coefficient (Wildman–Crippen LogP) is 1.62. The van der Waals surface area contributed by atoms with Gasteiger partial charge < -0.3 is 5.32 Å². The summed E-state index contributed by atoms with van der Waals surface area (Å²) >= 11 is 0. The molecule has 0 unspecified atom stereocenters. The highest BCUT2D eigenvalue weighted by Crippen LogP contribution is 2.19. The number of hydrogen-bond acceptors (Lipinski definition) is 3. The molecule has 0 radical (unpaired) electrons. The van der Waals surface area contributed by atoms with Gasteiger partial charge in [0, 0.05) is 0 Å². The van der Waals surface area contributed by atoms with Crippen molar-refractivity contribution in [2.75, 3.05) is 0 Å². The van der Waals surface area contributed by atoms with Crippen LogP contribution in [0.5, 0.6) is 0 Å². The average Bonchev–Trinajstić information content (AvgIpc) is 3.00. The molecule has 0 saturated heterocycles. The van der Waals surface area contributed by atoms with E-state index >= 15 is 0 Å². The molecular weight excluding hydrogens is 292 g/mol. The summed E-state index contributed by atoms with van der Waals surface area (Å²) in [5.41, 5.74) is 2.80. The van der Waals surface area contributed by atoms with E-state index in [1.54, 1.807) is 0 Å². The van der Waals surface area contributed by atoms with Gasteiger partial charge in [-0.1, -0.05) is 54.6 Å². The third kappa shape index (κ3) is 3.94. The zero-order chi connectivity index (χ0) is 16.1. The first kappa shape index (κ1) is 14.8. The van der Waals surface area contributed by atoms with E-state index in [1.807, 2.05) is 54.6 Å². The zero-order valence-corrected chi connectivity index (χ0v) is 12.4. The quantitative estimate of drug-likeness (QED) is 0.669. The maximum absolute atomic E-state index is 11.9. The molecule has 23 heavy (non-hydrogen) atoms. The van der Waals surface area contributed by atoms with Crippen LogP contribution in [0.1, 0.15) is 11.4 Å². The van der Waals surface area contributed by atoms with Gasteiger partial charge in [-0.25, -0.2) is 9.89 Å². The Morgan fingerprint density at radius 2 is 1.70 bits per heavy atom. The van der Waals surface area contributed by atoms with E-state index in [0.717, 1.165) is 16.7 Å². The van der Waals surface area contributed by atoms with Crippen LogP contribution >= 0.6 is 0 Å². The summed E-state index contributed by atoms with van der Waals surface area (Å²) in [5, 5.41) is 8.70. The van der Waals surface area contributed by atoms with Crippen LogP contribution < -0.4 is 11.0 Å². The molecule has 0 aliphatic heterocycles. The Morgan fingerprint density at radius 1 is 1.00 bits per heavy atom. The fourth-order valence-corrected chi connectivity index (χ4v) is 2.26. The number of amides is 1. The van der Waals surface area contributed by atoms with Crippen molar-refractivity contribution < 1.29 is 4.79 Å². The first-order valence-corrected chi connectivity index (χ1v) is 7.25. The third-order valence-electron chi connectivity index (χ3n) is 3.43. The van der Waals surface area contributed by atoms with Crippen LogP contribution in [0.3, 0.4) is 0 Å². The van der Waals surface area contributed by atoms with E-state index in [1.165, 1.54) is 0 Å². The Hall–Kier alpha value is -3.15. The largest absolute Gasteiger partial charge is 0.349 e. The smallest absolute Gasteiger partial charge is 0.340 e. The van der Waals surface area contributed by atoms with Crippen molar-refractivity contribution in [2.45, 2.75) is 13.0 Å². The minimum Gasteiger partial charge on any atom is -0.349 e. The normalized spacial score (nSPS) is 10.4. The minimum absolute atomic E-state index is 0.124. The van der Waals surface area contributed by atoms with Crippen molar-refractivity contribution in [1.29, 1.82) is 0 Å². The van der Waals surface area contributed by atoms with Crippen LogP contribution in [-0.4, -0.2) is 21.1 Å². The fraction of sp³-hybridized carbons (Fsp3) is 0.118. The van der Waals surface area contributed by atoms with Gasteiger partial charge in [0.2, 0.25) is 5.91 Å². The third-order valence-corrected chi connectivity index (χ3v) is 3.43. The summed E-state index contributed by atoms with van der Waals surface area (Å²) < 4.78 is 0. The van der Waals surface area contributed by atoms with Gasteiger partial charge in [-0.05, 0) is 16.7 Å². The number of aromatic nitrogens is 3. The van der Waals surface area contributed by atoms with Crippen LogP contribution in [0.15, 0.2) is 59.4 Å². The highest BCUT2D eigenvalue weighted by atomic mass is 16.2. The van der Waals surface area contributed by atoms with E-state index in [9.17, 15) is 9.59 Å². The lowest BCUT2D eigenvalue weighted by molar-refractivity contribution is -0.120. The standard InChI is InChI=1S/C17H16N4O2/c22-16(18-11-15-19-17(23)21-20-15)10-12-6-8-14(9-7-12)13-4-2-1-3-5-13/h1-9H,10-11H2,(H,18,22)(H2,19,20,21,23). The number of hydrogen-bond donors (Lipinski definition) is 3. The van der Waals surface area contributed by atoms with Gasteiger partial charge in [0.15, 0.2) is 0 Å². The second kappa shape index (κ2) is 6.74. The molecule has 3 rings (SSSR count). The molecular formula is C17H16N4O2. The first-order valence-electron chi connectivity index (χ1n) is 7.25. The van der Waals surface area contributed by atoms with E-state index in [-0.39, 0.29) is 24.6 Å². The number of rotatable bonds is 5. The van der Waals surface area contributed by atoms with Crippen LogP contribution in [0.25, 0.3) is 11.1 Å². The topological polar surface area (TPSA) is 90.6 Å². The summed E-state index contributed by atoms with van der Waals surface area (Å²) in [4.78, 5) is 25.3. The Morgan fingerprint density at radius 3 is 2.35 bits per heavy atom. The summed E-state index contributed by atoms with van der Waals surface area (Å²) in [7, 11) is 0. The summed E-state index contributed by atoms with van der Waals surface area (Å²) in [6.07, 6.45) is 0.281. The second-order valence-electron chi connectivity index (χ2n) is 5.14. The first-order chi connectivity index (χ1) is 11.2. The molecule has 0 fully saturated rings. The summed E-state index contributed by atoms with van der Waals surface area (Å²) in [6, 6.07) is 18.0. The Kier molecular flexibility index (Phi) is 4.33. The van der Waals surface area contributed by atoms with Crippen molar-refractivity contribution in [1.82, 2.24) is 20.5 Å². The van der Waals surface area contributed by atoms with Gasteiger partial charge in [0.05, 0.1) is 13.0 Å². The number of carbonyl (C=O) groups is 1. The minimum atomic E-state index is -0.384. The number of aromatic amines is 2. The lowest BCUT2D eigenvalue weighted by atomic mass is 10.0. The Labute approximate surface area is 132 Å². The molecule has 1 amide bonds. The number of nitrogens with zero attached hydrogens (tertiary/aromatic N) is 1. The van der Waals surface area contributed by atoms with Crippen LogP contribution in [0.2, 0.25) is 0 Å². The zero-order valence-electron chi connectivity index (χ0n) is 12.4. The molecule has 0 bridgehead atoms. The van der Waals surface area contributed by atoms with Gasteiger partial charge in [0.25, 0.3) is 0 Å². The van der Waals surface area contributed by atoms with Crippen molar-refractivity contribution >= 4 is 5.91 Å². The molecule has 2 aromatic carbocycles. The monoisotopic (exact) mass is 308 g/mol. The molecule has 116 valence electrons. The molecule has 0 saturated carbocycles. The Balaban J connectivity index is 1.57. The van der Waals surface area contributed by atoms with Gasteiger partial charge >= 0.3 is 5.69 Å². The van der Waals surface area contributed by atoms with Crippen molar-refractivity contribution in [3.63, 3.8) is 0 Å². The average molecular weight is 308 g/mol. The molecule has 6 heteroatoms. The maximum Gasteiger partial charge on any atom is 0.340 e. The number of carbonyl (C=O) groups excluding carboxylic acids is 1. The number of H-pyrrole nitrogens is 2. The maximum atomic E-state index is 11.9. The highest BCUT2D eigenvalue weighted by molar-refractivity contribution is 5.78. The molecule has 0 aliphatic carbocycles. The SMILES string of the molecule is O=C(Cc1ccc(-c2ccccc2)cc1)NCc1n[nH]c(=O)[nH]1. The highest BCUT2D eigenvalue weighted by Gasteiger charge is 2.05. The lowest BCUT2D eigenvalue weighted by Gasteiger charge is -2.05. The lowest BCUT2D eigenvalue weighted by Crippen LogP contribution is -2.25. The van der Waals surface area contributed by atoms with E-state index in [4.69, 9.17) is 0 Å². The van der Waals surface area contributed by atoms with Crippen molar-refractivity contribution in [3.8, 4) is 11.1 Å². The van der Waals surface area contributed by atoms with E-state index < -0.39 is 0 Å². The van der Waals surface area contributed by atoms with Crippen molar-refractivity contribution in [3.05, 3.63) is 76.5 Å². The van der Waals surface area contributed by atoms with Crippen LogP contribution in [0, 0.1) is 0 Å². The predicted molar refractivity (Wildman–Crippen MR) is 86.6 cm³/mol. The van der Waals surface area contributed by atoms with E-state index in [0.29, 0.717) is 5.82 Å². The number of nitrogens with one attached hydrogen (secondary N) is 3. The summed E-state index contributed by atoms with van der Waals surface area (Å²) in [6.45, 7) is 0.194. The fourth-order valence-electron chi connectivity index (χ4n) is 2.26. The molecule has 1 heterocycles. The van der Waals surface area contributed by atoms with Crippen molar-refractivity contribution in [2.24, 2.45) is 0 Å². The molecule has 3 aromatic rings. The van der Waals surface area contributed by atoms with Gasteiger partial charge in [-0.2, -0.15) is 5.10 Å². The van der Waals surface area contributed by atoms with Crippen LogP contribution in [0.4, 0.5) is 0 Å². The van der Waals surface area contributed by atoms with Gasteiger partial charge in [-0.3, -0.25) is 9.78 Å². The number of benzene rings is 2. The molecule has 0 atom stereocenters. The van der Waals surface area contributed by atoms with E-state index in [2.05, 4.69) is 20.5 Å².